The van der Waals surface area contributed by atoms with Gasteiger partial charge in [0.1, 0.15) is 0 Å². The van der Waals surface area contributed by atoms with Gasteiger partial charge in [-0.25, -0.2) is 9.98 Å². The van der Waals surface area contributed by atoms with E-state index in [1.807, 2.05) is 38.0 Å². The first-order valence-electron chi connectivity index (χ1n) is 6.22. The average Bonchev–Trinajstić information content (AvgIpc) is 2.36. The van der Waals surface area contributed by atoms with E-state index in [4.69, 9.17) is 0 Å². The van der Waals surface area contributed by atoms with E-state index in [1.165, 1.54) is 12.3 Å². The molecule has 0 aliphatic rings. The number of aromatic nitrogens is 1. The smallest absolute Gasteiger partial charge is 0.422 e. The fraction of sp³-hybridized carbons (Fsp3) is 0.538. The second kappa shape index (κ2) is 9.01. The maximum atomic E-state index is 12.0. The van der Waals surface area contributed by atoms with Crippen molar-refractivity contribution in [2.45, 2.75) is 12.7 Å². The summed E-state index contributed by atoms with van der Waals surface area (Å²) in [6.45, 7) is -0.957. The highest BCUT2D eigenvalue weighted by Gasteiger charge is 2.28. The molecule has 0 saturated carbocycles. The predicted molar refractivity (Wildman–Crippen MR) is 89.7 cm³/mol. The van der Waals surface area contributed by atoms with Crippen LogP contribution in [0.15, 0.2) is 23.3 Å². The molecule has 0 unspecified atom stereocenters. The van der Waals surface area contributed by atoms with Crippen molar-refractivity contribution in [1.29, 1.82) is 0 Å². The summed E-state index contributed by atoms with van der Waals surface area (Å²) in [7, 11) is 7.52. The van der Waals surface area contributed by atoms with Crippen molar-refractivity contribution in [2.75, 3.05) is 34.8 Å². The van der Waals surface area contributed by atoms with Crippen molar-refractivity contribution in [3.05, 3.63) is 23.9 Å². The third-order valence-electron chi connectivity index (χ3n) is 2.38. The lowest BCUT2D eigenvalue weighted by Gasteiger charge is -2.22. The Morgan fingerprint density at radius 1 is 1.18 bits per heavy atom. The Bertz CT molecular complexity index is 465. The quantitative estimate of drug-likeness (QED) is 0.417. The third-order valence-corrected chi connectivity index (χ3v) is 2.38. The SMILES string of the molecule is CN(C)C(=NCc1ccc(OCC(F)(F)F)nc1)N(C)C.I. The van der Waals surface area contributed by atoms with Gasteiger partial charge in [-0.2, -0.15) is 13.2 Å². The van der Waals surface area contributed by atoms with Crippen molar-refractivity contribution < 1.29 is 17.9 Å². The first-order valence-corrected chi connectivity index (χ1v) is 6.22. The van der Waals surface area contributed by atoms with Crippen LogP contribution in [-0.2, 0) is 6.54 Å². The van der Waals surface area contributed by atoms with Crippen molar-refractivity contribution in [1.82, 2.24) is 14.8 Å². The van der Waals surface area contributed by atoms with Gasteiger partial charge in [0.15, 0.2) is 12.6 Å². The molecule has 0 fully saturated rings. The monoisotopic (exact) mass is 432 g/mol. The number of alkyl halides is 3. The highest BCUT2D eigenvalue weighted by atomic mass is 127. The first-order chi connectivity index (χ1) is 9.69. The van der Waals surface area contributed by atoms with Crippen molar-refractivity contribution in [2.24, 2.45) is 4.99 Å². The summed E-state index contributed by atoms with van der Waals surface area (Å²) in [6.07, 6.45) is -2.91. The Morgan fingerprint density at radius 3 is 2.18 bits per heavy atom. The molecule has 0 aliphatic heterocycles. The molecule has 9 heteroatoms. The fourth-order valence-corrected chi connectivity index (χ4v) is 1.59. The minimum atomic E-state index is -4.36. The van der Waals surface area contributed by atoms with E-state index < -0.39 is 12.8 Å². The topological polar surface area (TPSA) is 41.0 Å². The number of halogens is 4. The molecule has 0 bridgehead atoms. The Kier molecular flexibility index (Phi) is 8.49. The summed E-state index contributed by atoms with van der Waals surface area (Å²) >= 11 is 0. The maximum absolute atomic E-state index is 12.0. The predicted octanol–water partition coefficient (Wildman–Crippen LogP) is 2.62. The summed E-state index contributed by atoms with van der Waals surface area (Å²) < 4.78 is 40.5. The third kappa shape index (κ3) is 7.66. The van der Waals surface area contributed by atoms with Gasteiger partial charge in [-0.1, -0.05) is 6.07 Å². The largest absolute Gasteiger partial charge is 0.468 e. The lowest BCUT2D eigenvalue weighted by Crippen LogP contribution is -2.35. The number of nitrogens with zero attached hydrogens (tertiary/aromatic N) is 4. The zero-order valence-corrected chi connectivity index (χ0v) is 15.2. The van der Waals surface area contributed by atoms with Crippen LogP contribution in [0.5, 0.6) is 5.88 Å². The first kappa shape index (κ1) is 20.7. The molecule has 0 aliphatic carbocycles. The van der Waals surface area contributed by atoms with Gasteiger partial charge < -0.3 is 14.5 Å². The maximum Gasteiger partial charge on any atom is 0.422 e. The van der Waals surface area contributed by atoms with Crippen molar-refractivity contribution >= 4 is 29.9 Å². The molecule has 0 N–H and O–H groups in total. The molecular formula is C13H20F3IN4O. The normalized spacial score (nSPS) is 10.5. The molecule has 0 spiro atoms. The second-order valence-electron chi connectivity index (χ2n) is 4.81. The Hall–Kier alpha value is -1.26. The van der Waals surface area contributed by atoms with Gasteiger partial charge in [0.25, 0.3) is 0 Å². The van der Waals surface area contributed by atoms with Gasteiger partial charge in [-0.15, -0.1) is 24.0 Å². The van der Waals surface area contributed by atoms with E-state index in [1.54, 1.807) is 6.07 Å². The molecule has 126 valence electrons. The van der Waals surface area contributed by atoms with Crippen LogP contribution in [0.3, 0.4) is 0 Å². The molecule has 0 aromatic carbocycles. The fourth-order valence-electron chi connectivity index (χ4n) is 1.59. The van der Waals surface area contributed by atoms with Crippen molar-refractivity contribution in [3.8, 4) is 5.88 Å². The minimum Gasteiger partial charge on any atom is -0.468 e. The van der Waals surface area contributed by atoms with E-state index in [9.17, 15) is 13.2 Å². The van der Waals surface area contributed by atoms with Crippen LogP contribution in [0.2, 0.25) is 0 Å². The summed E-state index contributed by atoms with van der Waals surface area (Å²) in [5, 5.41) is 0. The highest BCUT2D eigenvalue weighted by molar-refractivity contribution is 14.0. The molecular weight excluding hydrogens is 412 g/mol. The van der Waals surface area contributed by atoms with E-state index >= 15 is 0 Å². The molecule has 0 saturated heterocycles. The van der Waals surface area contributed by atoms with Crippen LogP contribution in [0.1, 0.15) is 5.56 Å². The number of guanidine groups is 1. The summed E-state index contributed by atoms with van der Waals surface area (Å²) in [6, 6.07) is 3.05. The van der Waals surface area contributed by atoms with E-state index in [0.29, 0.717) is 6.54 Å². The second-order valence-corrected chi connectivity index (χ2v) is 4.81. The molecule has 22 heavy (non-hydrogen) atoms. The van der Waals surface area contributed by atoms with Crippen LogP contribution in [-0.4, -0.2) is 61.7 Å². The number of ether oxygens (including phenoxy) is 1. The van der Waals surface area contributed by atoms with E-state index in [2.05, 4.69) is 14.7 Å². The molecule has 0 amide bonds. The van der Waals surface area contributed by atoms with Gasteiger partial charge in [-0.05, 0) is 5.56 Å². The number of hydrogen-bond donors (Lipinski definition) is 0. The molecule has 1 rings (SSSR count). The lowest BCUT2D eigenvalue weighted by molar-refractivity contribution is -0.154. The zero-order chi connectivity index (χ0) is 16.0. The van der Waals surface area contributed by atoms with Gasteiger partial charge in [0.05, 0.1) is 6.54 Å². The van der Waals surface area contributed by atoms with Crippen molar-refractivity contribution in [3.63, 3.8) is 0 Å². The summed E-state index contributed by atoms with van der Waals surface area (Å²) in [5.74, 6) is 0.730. The summed E-state index contributed by atoms with van der Waals surface area (Å²) in [5.41, 5.74) is 0.788. The number of aliphatic imine (C=N–C) groups is 1. The standard InChI is InChI=1S/C13H19F3N4O.HI/c1-19(2)12(20(3)4)18-8-10-5-6-11(17-7-10)21-9-13(14,15)16;/h5-7H,8-9H2,1-4H3;1H. The molecule has 5 nitrogen and oxygen atoms in total. The molecule has 0 radical (unpaired) electrons. The highest BCUT2D eigenvalue weighted by Crippen LogP contribution is 2.17. The molecule has 1 aromatic heterocycles. The number of pyridine rings is 1. The summed E-state index contributed by atoms with van der Waals surface area (Å²) in [4.78, 5) is 12.0. The van der Waals surface area contributed by atoms with Crippen LogP contribution in [0.4, 0.5) is 13.2 Å². The average molecular weight is 432 g/mol. The van der Waals surface area contributed by atoms with Crippen LogP contribution in [0.25, 0.3) is 0 Å². The van der Waals surface area contributed by atoms with E-state index in [0.717, 1.165) is 11.5 Å². The Labute approximate surface area is 145 Å². The lowest BCUT2D eigenvalue weighted by atomic mass is 10.3. The zero-order valence-electron chi connectivity index (χ0n) is 12.9. The number of hydrogen-bond acceptors (Lipinski definition) is 3. The minimum absolute atomic E-state index is 0. The van der Waals surface area contributed by atoms with Gasteiger partial charge in [-0.3, -0.25) is 0 Å². The van der Waals surface area contributed by atoms with Gasteiger partial charge in [0.2, 0.25) is 5.88 Å². The van der Waals surface area contributed by atoms with Crippen LogP contribution >= 0.6 is 24.0 Å². The van der Waals surface area contributed by atoms with E-state index in [-0.39, 0.29) is 29.9 Å². The Morgan fingerprint density at radius 2 is 1.77 bits per heavy atom. The van der Waals surface area contributed by atoms with Gasteiger partial charge >= 0.3 is 6.18 Å². The Balaban J connectivity index is 0.00000441. The van der Waals surface area contributed by atoms with Crippen LogP contribution < -0.4 is 4.74 Å². The molecule has 1 heterocycles. The molecule has 1 aromatic rings. The number of rotatable bonds is 4. The molecule has 0 atom stereocenters. The van der Waals surface area contributed by atoms with Gasteiger partial charge in [0, 0.05) is 40.5 Å². The van der Waals surface area contributed by atoms with Crippen LogP contribution in [0, 0.1) is 0 Å².